The molecule has 10 heteroatoms. The molecule has 1 amide bonds. The first-order valence-corrected chi connectivity index (χ1v) is 11.3. The number of piperidine rings is 2. The summed E-state index contributed by atoms with van der Waals surface area (Å²) in [6, 6.07) is 7.91. The minimum atomic E-state index is -4.48. The van der Waals surface area contributed by atoms with Gasteiger partial charge >= 0.3 is 6.18 Å². The van der Waals surface area contributed by atoms with Crippen molar-refractivity contribution in [2.24, 2.45) is 5.92 Å². The Balaban J connectivity index is 1.42. The largest absolute Gasteiger partial charge is 0.472 e. The number of halogens is 4. The number of rotatable bonds is 4. The average Bonchev–Trinajstić information content (AvgIpc) is 2.84. The summed E-state index contributed by atoms with van der Waals surface area (Å²) >= 11 is 0. The number of fused-ring (bicyclic) bond motifs is 3. The first kappa shape index (κ1) is 23.2. The van der Waals surface area contributed by atoms with Gasteiger partial charge in [0.2, 0.25) is 5.88 Å². The van der Waals surface area contributed by atoms with Crippen LogP contribution >= 0.6 is 0 Å². The van der Waals surface area contributed by atoms with E-state index in [1.165, 1.54) is 24.4 Å². The van der Waals surface area contributed by atoms with E-state index < -0.39 is 23.7 Å². The quantitative estimate of drug-likeness (QED) is 0.482. The highest BCUT2D eigenvalue weighted by molar-refractivity contribution is 5.99. The van der Waals surface area contributed by atoms with Crippen molar-refractivity contribution in [1.82, 2.24) is 19.9 Å². The van der Waals surface area contributed by atoms with Gasteiger partial charge in [0.15, 0.2) is 0 Å². The van der Waals surface area contributed by atoms with Crippen LogP contribution in [0.4, 0.5) is 17.6 Å². The van der Waals surface area contributed by atoms with Crippen LogP contribution in [0.3, 0.4) is 0 Å². The molecule has 35 heavy (non-hydrogen) atoms. The van der Waals surface area contributed by atoms with E-state index >= 15 is 0 Å². The Morgan fingerprint density at radius 3 is 2.63 bits per heavy atom. The lowest BCUT2D eigenvalue weighted by molar-refractivity contribution is -0.137. The Morgan fingerprint density at radius 2 is 1.94 bits per heavy atom. The molecule has 3 aromatic rings. The number of amides is 1. The van der Waals surface area contributed by atoms with E-state index in [1.807, 2.05) is 0 Å². The molecule has 3 fully saturated rings. The maximum Gasteiger partial charge on any atom is 0.417 e. The molecule has 3 aromatic heterocycles. The molecule has 182 valence electrons. The highest BCUT2D eigenvalue weighted by Gasteiger charge is 2.45. The topological polar surface area (TPSA) is 68.2 Å². The molecule has 0 aromatic carbocycles. The van der Waals surface area contributed by atoms with Gasteiger partial charge < -0.3 is 9.64 Å². The second-order valence-electron chi connectivity index (χ2n) is 8.93. The number of ether oxygens (including phenoxy) is 1. The molecular weight excluding hydrogens is 464 g/mol. The SMILES string of the molecule is Cc1ccc(-c2ncccc2F)c(C(=O)N2C[C@@H]3CC[C@H]2[C@H](Oc2ccc(C(F)(F)F)cn2)C3)n1. The van der Waals surface area contributed by atoms with Crippen LogP contribution in [0, 0.1) is 18.7 Å². The third kappa shape index (κ3) is 4.56. The lowest BCUT2D eigenvalue weighted by Crippen LogP contribution is -2.59. The highest BCUT2D eigenvalue weighted by atomic mass is 19.4. The van der Waals surface area contributed by atoms with Crippen molar-refractivity contribution in [3.05, 3.63) is 71.6 Å². The van der Waals surface area contributed by atoms with Crippen molar-refractivity contribution in [3.8, 4) is 17.1 Å². The zero-order valence-electron chi connectivity index (χ0n) is 18.8. The second-order valence-corrected chi connectivity index (χ2v) is 8.93. The van der Waals surface area contributed by atoms with E-state index in [1.54, 1.807) is 24.0 Å². The van der Waals surface area contributed by atoms with Crippen LogP contribution < -0.4 is 4.74 Å². The summed E-state index contributed by atoms with van der Waals surface area (Å²) in [5, 5.41) is 0. The van der Waals surface area contributed by atoms with Gasteiger partial charge in [-0.25, -0.2) is 14.4 Å². The van der Waals surface area contributed by atoms with E-state index in [4.69, 9.17) is 4.74 Å². The predicted octanol–water partition coefficient (Wildman–Crippen LogP) is 5.08. The zero-order chi connectivity index (χ0) is 24.7. The fourth-order valence-corrected chi connectivity index (χ4v) is 4.90. The number of nitrogens with zero attached hydrogens (tertiary/aromatic N) is 4. The van der Waals surface area contributed by atoms with E-state index in [9.17, 15) is 22.4 Å². The van der Waals surface area contributed by atoms with Crippen molar-refractivity contribution in [2.45, 2.75) is 44.5 Å². The van der Waals surface area contributed by atoms with Crippen molar-refractivity contribution in [3.63, 3.8) is 0 Å². The molecule has 2 aliphatic heterocycles. The van der Waals surface area contributed by atoms with E-state index in [0.717, 1.165) is 18.7 Å². The fraction of sp³-hybridized carbons (Fsp3) is 0.360. The smallest absolute Gasteiger partial charge is 0.417 e. The van der Waals surface area contributed by atoms with Crippen LogP contribution in [-0.4, -0.2) is 44.4 Å². The summed E-state index contributed by atoms with van der Waals surface area (Å²) in [7, 11) is 0. The second kappa shape index (κ2) is 8.90. The lowest BCUT2D eigenvalue weighted by Gasteiger charge is -2.49. The van der Waals surface area contributed by atoms with Gasteiger partial charge in [0.05, 0.1) is 11.6 Å². The third-order valence-electron chi connectivity index (χ3n) is 6.57. The summed E-state index contributed by atoms with van der Waals surface area (Å²) < 4.78 is 59.0. The molecule has 3 aliphatic rings. The number of aromatic nitrogens is 3. The fourth-order valence-electron chi connectivity index (χ4n) is 4.90. The summed E-state index contributed by atoms with van der Waals surface area (Å²) in [6.45, 7) is 2.25. The number of carbonyl (C=O) groups is 1. The van der Waals surface area contributed by atoms with Gasteiger partial charge in [-0.05, 0) is 62.4 Å². The van der Waals surface area contributed by atoms with Crippen LogP contribution in [0.15, 0.2) is 48.8 Å². The van der Waals surface area contributed by atoms with Crippen LogP contribution in [0.2, 0.25) is 0 Å². The van der Waals surface area contributed by atoms with Crippen LogP contribution in [0.25, 0.3) is 11.3 Å². The molecule has 2 saturated heterocycles. The molecule has 0 spiro atoms. The molecule has 2 bridgehead atoms. The Bertz CT molecular complexity index is 1250. The average molecular weight is 486 g/mol. The van der Waals surface area contributed by atoms with Gasteiger partial charge in [0.1, 0.15) is 23.3 Å². The van der Waals surface area contributed by atoms with Crippen LogP contribution in [0.1, 0.15) is 41.0 Å². The number of hydrogen-bond donors (Lipinski definition) is 0. The van der Waals surface area contributed by atoms with Gasteiger partial charge in [0.25, 0.3) is 5.91 Å². The number of carbonyl (C=O) groups excluding carboxylic acids is 1. The van der Waals surface area contributed by atoms with Gasteiger partial charge in [-0.2, -0.15) is 13.2 Å². The Labute approximate surface area is 199 Å². The molecule has 6 rings (SSSR count). The molecule has 0 N–H and O–H groups in total. The Hall–Kier alpha value is -3.56. The Kier molecular flexibility index (Phi) is 5.90. The maximum absolute atomic E-state index is 14.5. The van der Waals surface area contributed by atoms with Crippen molar-refractivity contribution < 1.29 is 27.1 Å². The first-order chi connectivity index (χ1) is 16.7. The number of aryl methyl sites for hydroxylation is 1. The molecule has 0 unspecified atom stereocenters. The molecule has 1 saturated carbocycles. The molecule has 1 aliphatic carbocycles. The summed E-state index contributed by atoms with van der Waals surface area (Å²) in [4.78, 5) is 27.8. The summed E-state index contributed by atoms with van der Waals surface area (Å²) in [6.07, 6.45) is -0.446. The molecule has 3 atom stereocenters. The maximum atomic E-state index is 14.5. The predicted molar refractivity (Wildman–Crippen MR) is 118 cm³/mol. The molecule has 5 heterocycles. The van der Waals surface area contributed by atoms with E-state index in [0.29, 0.717) is 30.6 Å². The number of pyridine rings is 3. The van der Waals surface area contributed by atoms with Gasteiger partial charge in [0, 0.05) is 36.3 Å². The minimum absolute atomic E-state index is 0.0484. The normalized spacial score (nSPS) is 21.7. The number of hydrogen-bond acceptors (Lipinski definition) is 5. The lowest BCUT2D eigenvalue weighted by atomic mass is 9.77. The van der Waals surface area contributed by atoms with Gasteiger partial charge in [-0.3, -0.25) is 9.78 Å². The van der Waals surface area contributed by atoms with Crippen molar-refractivity contribution >= 4 is 5.91 Å². The summed E-state index contributed by atoms with van der Waals surface area (Å²) in [5.74, 6) is -0.657. The third-order valence-corrected chi connectivity index (χ3v) is 6.57. The van der Waals surface area contributed by atoms with Crippen LogP contribution in [-0.2, 0) is 6.18 Å². The molecule has 6 nitrogen and oxygen atoms in total. The van der Waals surface area contributed by atoms with Crippen molar-refractivity contribution in [2.75, 3.05) is 6.54 Å². The minimum Gasteiger partial charge on any atom is -0.472 e. The van der Waals surface area contributed by atoms with Crippen LogP contribution in [0.5, 0.6) is 5.88 Å². The molecular formula is C25H22F4N4O2. The summed E-state index contributed by atoms with van der Waals surface area (Å²) in [5.41, 5.74) is 0.222. The van der Waals surface area contributed by atoms with Gasteiger partial charge in [-0.1, -0.05) is 0 Å². The van der Waals surface area contributed by atoms with Gasteiger partial charge in [-0.15, -0.1) is 0 Å². The molecule has 0 radical (unpaired) electrons. The van der Waals surface area contributed by atoms with Crippen molar-refractivity contribution in [1.29, 1.82) is 0 Å². The Morgan fingerprint density at radius 1 is 1.11 bits per heavy atom. The van der Waals surface area contributed by atoms with E-state index in [2.05, 4.69) is 15.0 Å². The first-order valence-electron chi connectivity index (χ1n) is 11.3. The standard InChI is InChI=1S/C25H22F4N4O2/c1-14-4-7-17(22-18(26)3-2-10-30-22)23(32-14)24(34)33-13-15-5-8-19(33)20(11-15)35-21-9-6-16(12-31-21)25(27,28)29/h2-4,6-7,9-10,12,15,19-20H,5,8,11,13H2,1H3/t15-,19+,20-/m1/s1. The highest BCUT2D eigenvalue weighted by Crippen LogP contribution is 2.39. The number of alkyl halides is 3. The monoisotopic (exact) mass is 486 g/mol. The van der Waals surface area contributed by atoms with E-state index in [-0.39, 0.29) is 35.1 Å². The zero-order valence-corrected chi connectivity index (χ0v) is 18.8.